The van der Waals surface area contributed by atoms with Gasteiger partial charge >= 0.3 is 0 Å². The van der Waals surface area contributed by atoms with E-state index in [9.17, 15) is 0 Å². The molecule has 0 bridgehead atoms. The summed E-state index contributed by atoms with van der Waals surface area (Å²) in [6.07, 6.45) is 6.33. The molecule has 0 atom stereocenters. The molecule has 1 aromatic carbocycles. The van der Waals surface area contributed by atoms with Gasteiger partial charge in [-0.25, -0.2) is 0 Å². The lowest BCUT2D eigenvalue weighted by Gasteiger charge is -2.06. The maximum atomic E-state index is 7.77. The van der Waals surface area contributed by atoms with Gasteiger partial charge in [0.15, 0.2) is 0 Å². The Morgan fingerprint density at radius 2 is 2.00 bits per heavy atom. The number of rotatable bonds is 5. The molecule has 0 saturated carbocycles. The van der Waals surface area contributed by atoms with Crippen LogP contribution in [0.4, 0.5) is 0 Å². The third kappa shape index (κ3) is 3.53. The van der Waals surface area contributed by atoms with Gasteiger partial charge in [0.2, 0.25) is 0 Å². The maximum Gasteiger partial charge on any atom is 0.0626 e. The van der Waals surface area contributed by atoms with E-state index in [1.54, 1.807) is 0 Å². The molecule has 0 aromatic heterocycles. The molecule has 0 radical (unpaired) electrons. The average molecular weight is 191 g/mol. The van der Waals surface area contributed by atoms with Gasteiger partial charge in [0.05, 0.1) is 1.37 Å². The van der Waals surface area contributed by atoms with Crippen LogP contribution in [0.1, 0.15) is 50.7 Å². The van der Waals surface area contributed by atoms with Gasteiger partial charge in [-0.15, -0.1) is 0 Å². The second kappa shape index (κ2) is 5.85. The second-order valence-corrected chi connectivity index (χ2v) is 4.13. The second-order valence-electron chi connectivity index (χ2n) is 4.13. The van der Waals surface area contributed by atoms with Crippen LogP contribution in [-0.4, -0.2) is 0 Å². The minimum absolute atomic E-state index is 0.686. The molecule has 0 nitrogen and oxygen atoms in total. The number of unbranched alkanes of at least 4 members (excludes halogenated alkanes) is 3. The van der Waals surface area contributed by atoms with Crippen LogP contribution in [0.5, 0.6) is 0 Å². The van der Waals surface area contributed by atoms with E-state index in [0.29, 0.717) is 6.04 Å². The SMILES string of the molecule is [2H]c1cc(CCCCCC)c(C)cc1C. The summed E-state index contributed by atoms with van der Waals surface area (Å²) in [6.45, 7) is 6.40. The van der Waals surface area contributed by atoms with Crippen molar-refractivity contribution in [1.82, 2.24) is 0 Å². The normalized spacial score (nSPS) is 11.5. The molecule has 1 aromatic rings. The van der Waals surface area contributed by atoms with Gasteiger partial charge in [0, 0.05) is 0 Å². The van der Waals surface area contributed by atoms with E-state index in [0.717, 1.165) is 12.0 Å². The number of benzene rings is 1. The summed E-state index contributed by atoms with van der Waals surface area (Å²) in [5, 5.41) is 0. The third-order valence-corrected chi connectivity index (χ3v) is 2.71. The van der Waals surface area contributed by atoms with Crippen molar-refractivity contribution in [3.05, 3.63) is 34.9 Å². The quantitative estimate of drug-likeness (QED) is 0.604. The van der Waals surface area contributed by atoms with E-state index >= 15 is 0 Å². The molecule has 0 aliphatic rings. The van der Waals surface area contributed by atoms with Gasteiger partial charge in [0.1, 0.15) is 0 Å². The Labute approximate surface area is 89.8 Å². The van der Waals surface area contributed by atoms with Gasteiger partial charge in [0.25, 0.3) is 0 Å². The predicted octanol–water partition coefficient (Wildman–Crippen LogP) is 4.43. The van der Waals surface area contributed by atoms with Crippen molar-refractivity contribution in [2.24, 2.45) is 0 Å². The molecule has 1 rings (SSSR count). The molecular weight excluding hydrogens is 168 g/mol. The fraction of sp³-hybridized carbons (Fsp3) is 0.571. The topological polar surface area (TPSA) is 0 Å². The van der Waals surface area contributed by atoms with Crippen molar-refractivity contribution >= 4 is 0 Å². The molecule has 14 heavy (non-hydrogen) atoms. The Balaban J connectivity index is 2.57. The highest BCUT2D eigenvalue weighted by atomic mass is 14.0. The van der Waals surface area contributed by atoms with E-state index in [1.165, 1.54) is 36.8 Å². The highest BCUT2D eigenvalue weighted by Gasteiger charge is 1.97. The van der Waals surface area contributed by atoms with Crippen LogP contribution >= 0.6 is 0 Å². The van der Waals surface area contributed by atoms with Gasteiger partial charge < -0.3 is 0 Å². The zero-order valence-electron chi connectivity index (χ0n) is 10.7. The van der Waals surface area contributed by atoms with Gasteiger partial charge in [-0.05, 0) is 37.8 Å². The van der Waals surface area contributed by atoms with E-state index in [2.05, 4.69) is 19.9 Å². The smallest absolute Gasteiger partial charge is 0.0626 e. The summed E-state index contributed by atoms with van der Waals surface area (Å²) in [5.41, 5.74) is 3.80. The van der Waals surface area contributed by atoms with Crippen LogP contribution in [0.3, 0.4) is 0 Å². The Kier molecular flexibility index (Phi) is 4.08. The lowest BCUT2D eigenvalue weighted by molar-refractivity contribution is 0.665. The fourth-order valence-corrected chi connectivity index (χ4v) is 1.79. The molecular formula is C14H22. The maximum absolute atomic E-state index is 7.77. The van der Waals surface area contributed by atoms with Crippen molar-refractivity contribution in [2.45, 2.75) is 52.9 Å². The lowest BCUT2D eigenvalue weighted by atomic mass is 10.00. The minimum Gasteiger partial charge on any atom is -0.0654 e. The number of hydrogen-bond acceptors (Lipinski definition) is 0. The summed E-state index contributed by atoms with van der Waals surface area (Å²) in [4.78, 5) is 0. The molecule has 0 N–H and O–H groups in total. The average Bonchev–Trinajstić information content (AvgIpc) is 2.20. The molecule has 0 aliphatic heterocycles. The zero-order valence-corrected chi connectivity index (χ0v) is 9.69. The van der Waals surface area contributed by atoms with Crippen LogP contribution in [-0.2, 0) is 6.42 Å². The van der Waals surface area contributed by atoms with Crippen molar-refractivity contribution in [1.29, 1.82) is 0 Å². The van der Waals surface area contributed by atoms with Crippen molar-refractivity contribution < 1.29 is 1.37 Å². The Morgan fingerprint density at radius 1 is 1.21 bits per heavy atom. The summed E-state index contributed by atoms with van der Waals surface area (Å²) in [5.74, 6) is 0. The van der Waals surface area contributed by atoms with Crippen molar-refractivity contribution in [3.8, 4) is 0 Å². The highest BCUT2D eigenvalue weighted by Crippen LogP contribution is 2.14. The standard InChI is InChI=1S/C14H22/c1-4-5-6-7-8-14-10-9-12(2)11-13(14)3/h9-11H,4-8H2,1-3H3/i9D. The van der Waals surface area contributed by atoms with Crippen LogP contribution in [0.25, 0.3) is 0 Å². The monoisotopic (exact) mass is 191 g/mol. The van der Waals surface area contributed by atoms with Gasteiger partial charge in [-0.3, -0.25) is 0 Å². The summed E-state index contributed by atoms with van der Waals surface area (Å²) < 4.78 is 7.77. The molecule has 0 aliphatic carbocycles. The fourth-order valence-electron chi connectivity index (χ4n) is 1.79. The van der Waals surface area contributed by atoms with Crippen LogP contribution < -0.4 is 0 Å². The Hall–Kier alpha value is -0.780. The van der Waals surface area contributed by atoms with Crippen LogP contribution in [0, 0.1) is 13.8 Å². The number of hydrogen-bond donors (Lipinski definition) is 0. The molecule has 0 amide bonds. The largest absolute Gasteiger partial charge is 0.0654 e. The van der Waals surface area contributed by atoms with E-state index < -0.39 is 0 Å². The zero-order chi connectivity index (χ0) is 11.3. The van der Waals surface area contributed by atoms with Crippen molar-refractivity contribution in [3.63, 3.8) is 0 Å². The van der Waals surface area contributed by atoms with Crippen LogP contribution in [0.15, 0.2) is 18.2 Å². The third-order valence-electron chi connectivity index (χ3n) is 2.71. The van der Waals surface area contributed by atoms with Gasteiger partial charge in [-0.1, -0.05) is 49.9 Å². The molecule has 0 spiro atoms. The van der Waals surface area contributed by atoms with Crippen LogP contribution in [0.2, 0.25) is 0 Å². The summed E-state index contributed by atoms with van der Waals surface area (Å²) in [7, 11) is 0. The van der Waals surface area contributed by atoms with Gasteiger partial charge in [-0.2, -0.15) is 0 Å². The predicted molar refractivity (Wildman–Crippen MR) is 63.8 cm³/mol. The number of aryl methyl sites for hydroxylation is 3. The first-order valence-electron chi connectivity index (χ1n) is 6.22. The first-order valence-corrected chi connectivity index (χ1v) is 5.72. The van der Waals surface area contributed by atoms with Crippen molar-refractivity contribution in [2.75, 3.05) is 0 Å². The molecule has 78 valence electrons. The summed E-state index contributed by atoms with van der Waals surface area (Å²) >= 11 is 0. The first kappa shape index (κ1) is 9.76. The molecule has 0 fully saturated rings. The molecule has 0 saturated heterocycles. The summed E-state index contributed by atoms with van der Waals surface area (Å²) in [6, 6.07) is 4.86. The van der Waals surface area contributed by atoms with E-state index in [4.69, 9.17) is 1.37 Å². The molecule has 0 heterocycles. The lowest BCUT2D eigenvalue weighted by Crippen LogP contribution is -1.90. The van der Waals surface area contributed by atoms with E-state index in [-0.39, 0.29) is 0 Å². The minimum atomic E-state index is 0.686. The Morgan fingerprint density at radius 3 is 2.71 bits per heavy atom. The first-order chi connectivity index (χ1) is 7.15. The molecule has 0 unspecified atom stereocenters. The highest BCUT2D eigenvalue weighted by molar-refractivity contribution is 5.30. The Bertz CT molecular complexity index is 315. The molecule has 0 heteroatoms. The van der Waals surface area contributed by atoms with E-state index in [1.807, 2.05) is 13.0 Å².